The van der Waals surface area contributed by atoms with E-state index in [2.05, 4.69) is 35.7 Å². The number of thioether (sulfide) groups is 1. The molecule has 0 aliphatic carbocycles. The lowest BCUT2D eigenvalue weighted by Crippen LogP contribution is -1.90. The molecule has 1 aliphatic rings. The number of anilines is 1. The van der Waals surface area contributed by atoms with Crippen LogP contribution >= 0.6 is 23.1 Å². The first kappa shape index (κ1) is 10.9. The minimum Gasteiger partial charge on any atom is -0.398 e. The predicted molar refractivity (Wildman–Crippen MR) is 79.2 cm³/mol. The summed E-state index contributed by atoms with van der Waals surface area (Å²) in [7, 11) is 0. The molecule has 0 bridgehead atoms. The standard InChI is InChI=1S/C14H13NS2/c15-12-6-5-10(13-3-1-7-16-13)9-11(12)14-4-2-8-17-14/h2-6,8-9H,1,7,15H2. The number of rotatable bonds is 2. The molecule has 1 aromatic carbocycles. The highest BCUT2D eigenvalue weighted by atomic mass is 32.2. The summed E-state index contributed by atoms with van der Waals surface area (Å²) < 4.78 is 0. The molecule has 1 aliphatic heterocycles. The smallest absolute Gasteiger partial charge is 0.0402 e. The molecule has 2 aromatic rings. The fraction of sp³-hybridized carbons (Fsp3) is 0.143. The van der Waals surface area contributed by atoms with Gasteiger partial charge in [-0.3, -0.25) is 0 Å². The minimum atomic E-state index is 0.861. The highest BCUT2D eigenvalue weighted by molar-refractivity contribution is 8.08. The van der Waals surface area contributed by atoms with Crippen LogP contribution in [-0.4, -0.2) is 5.75 Å². The number of nitrogens with two attached hydrogens (primary N) is 1. The molecule has 3 heteroatoms. The summed E-state index contributed by atoms with van der Waals surface area (Å²) in [6.07, 6.45) is 3.49. The molecule has 0 saturated heterocycles. The van der Waals surface area contributed by atoms with Gasteiger partial charge in [0, 0.05) is 26.8 Å². The van der Waals surface area contributed by atoms with Gasteiger partial charge >= 0.3 is 0 Å². The van der Waals surface area contributed by atoms with Gasteiger partial charge in [-0.25, -0.2) is 0 Å². The molecule has 2 heterocycles. The third kappa shape index (κ3) is 2.13. The molecule has 2 N–H and O–H groups in total. The van der Waals surface area contributed by atoms with Gasteiger partial charge in [0.1, 0.15) is 0 Å². The zero-order valence-electron chi connectivity index (χ0n) is 9.35. The van der Waals surface area contributed by atoms with E-state index in [1.165, 1.54) is 27.5 Å². The number of benzene rings is 1. The lowest BCUT2D eigenvalue weighted by molar-refractivity contribution is 1.28. The van der Waals surface area contributed by atoms with Crippen LogP contribution < -0.4 is 5.73 Å². The molecular weight excluding hydrogens is 246 g/mol. The van der Waals surface area contributed by atoms with E-state index in [9.17, 15) is 0 Å². The van der Waals surface area contributed by atoms with E-state index in [0.29, 0.717) is 0 Å². The van der Waals surface area contributed by atoms with Crippen LogP contribution in [0.25, 0.3) is 15.3 Å². The van der Waals surface area contributed by atoms with Gasteiger partial charge in [-0.15, -0.1) is 23.1 Å². The Morgan fingerprint density at radius 2 is 2.12 bits per heavy atom. The van der Waals surface area contributed by atoms with Crippen LogP contribution in [0.3, 0.4) is 0 Å². The summed E-state index contributed by atoms with van der Waals surface area (Å²) >= 11 is 3.67. The summed E-state index contributed by atoms with van der Waals surface area (Å²) in [5, 5.41) is 2.09. The van der Waals surface area contributed by atoms with Crippen molar-refractivity contribution in [2.75, 3.05) is 11.5 Å². The average molecular weight is 259 g/mol. The Bertz CT molecular complexity index is 556. The minimum absolute atomic E-state index is 0.861. The lowest BCUT2D eigenvalue weighted by atomic mass is 10.1. The van der Waals surface area contributed by atoms with Crippen LogP contribution in [0.2, 0.25) is 0 Å². The summed E-state index contributed by atoms with van der Waals surface area (Å²) in [5.41, 5.74) is 9.38. The normalized spacial score (nSPS) is 14.9. The van der Waals surface area contributed by atoms with Crippen LogP contribution in [0.4, 0.5) is 5.69 Å². The van der Waals surface area contributed by atoms with Crippen LogP contribution in [0.1, 0.15) is 12.0 Å². The second-order valence-corrected chi connectivity index (χ2v) is 6.07. The molecule has 0 spiro atoms. The molecule has 17 heavy (non-hydrogen) atoms. The van der Waals surface area contributed by atoms with Gasteiger partial charge in [-0.1, -0.05) is 18.2 Å². The van der Waals surface area contributed by atoms with E-state index < -0.39 is 0 Å². The van der Waals surface area contributed by atoms with E-state index in [1.54, 1.807) is 11.3 Å². The molecule has 0 amide bonds. The fourth-order valence-electron chi connectivity index (χ4n) is 1.97. The molecule has 0 saturated carbocycles. The maximum Gasteiger partial charge on any atom is 0.0402 e. The molecule has 1 aromatic heterocycles. The van der Waals surface area contributed by atoms with Crippen LogP contribution in [0.5, 0.6) is 0 Å². The van der Waals surface area contributed by atoms with Crippen molar-refractivity contribution >= 4 is 33.7 Å². The maximum absolute atomic E-state index is 6.06. The number of hydrogen-bond acceptors (Lipinski definition) is 3. The second kappa shape index (κ2) is 4.59. The molecule has 0 radical (unpaired) electrons. The first-order valence-electron chi connectivity index (χ1n) is 5.61. The SMILES string of the molecule is Nc1ccc(C2=CCCS2)cc1-c1cccs1. The van der Waals surface area contributed by atoms with Crippen molar-refractivity contribution in [3.63, 3.8) is 0 Å². The van der Waals surface area contributed by atoms with Gasteiger partial charge in [0.05, 0.1) is 0 Å². The number of allylic oxidation sites excluding steroid dienone is 1. The van der Waals surface area contributed by atoms with E-state index in [4.69, 9.17) is 5.73 Å². The van der Waals surface area contributed by atoms with Gasteiger partial charge in [0.15, 0.2) is 0 Å². The van der Waals surface area contributed by atoms with Crippen molar-refractivity contribution in [3.05, 3.63) is 47.4 Å². The second-order valence-electron chi connectivity index (χ2n) is 3.98. The van der Waals surface area contributed by atoms with Gasteiger partial charge in [0.25, 0.3) is 0 Å². The lowest BCUT2D eigenvalue weighted by Gasteiger charge is -2.07. The Morgan fingerprint density at radius 3 is 2.82 bits per heavy atom. The maximum atomic E-state index is 6.06. The molecule has 0 unspecified atom stereocenters. The van der Waals surface area contributed by atoms with Crippen molar-refractivity contribution in [2.45, 2.75) is 6.42 Å². The van der Waals surface area contributed by atoms with Crippen LogP contribution in [0, 0.1) is 0 Å². The summed E-state index contributed by atoms with van der Waals surface area (Å²) in [6, 6.07) is 10.5. The predicted octanol–water partition coefficient (Wildman–Crippen LogP) is 4.48. The topological polar surface area (TPSA) is 26.0 Å². The van der Waals surface area contributed by atoms with Gasteiger partial charge in [-0.05, 0) is 35.6 Å². The van der Waals surface area contributed by atoms with Crippen molar-refractivity contribution < 1.29 is 0 Å². The van der Waals surface area contributed by atoms with Crippen LogP contribution in [-0.2, 0) is 0 Å². The van der Waals surface area contributed by atoms with Crippen molar-refractivity contribution in [1.82, 2.24) is 0 Å². The highest BCUT2D eigenvalue weighted by Crippen LogP contribution is 2.38. The van der Waals surface area contributed by atoms with Gasteiger partial charge in [-0.2, -0.15) is 0 Å². The fourth-order valence-corrected chi connectivity index (χ4v) is 3.72. The van der Waals surface area contributed by atoms with Crippen LogP contribution in [0.15, 0.2) is 41.8 Å². The Hall–Kier alpha value is -1.19. The number of nitrogen functional groups attached to an aromatic ring is 1. The third-order valence-corrected chi connectivity index (χ3v) is 4.89. The zero-order valence-corrected chi connectivity index (χ0v) is 11.0. The van der Waals surface area contributed by atoms with Crippen molar-refractivity contribution in [3.8, 4) is 10.4 Å². The summed E-state index contributed by atoms with van der Waals surface area (Å²) in [6.45, 7) is 0. The first-order chi connectivity index (χ1) is 8.34. The zero-order chi connectivity index (χ0) is 11.7. The Labute approximate surface area is 109 Å². The molecule has 3 rings (SSSR count). The summed E-state index contributed by atoms with van der Waals surface area (Å²) in [4.78, 5) is 2.63. The number of hydrogen-bond donors (Lipinski definition) is 1. The third-order valence-electron chi connectivity index (χ3n) is 2.83. The largest absolute Gasteiger partial charge is 0.398 e. The van der Waals surface area contributed by atoms with Crippen molar-refractivity contribution in [2.24, 2.45) is 0 Å². The Balaban J connectivity index is 2.06. The Morgan fingerprint density at radius 1 is 1.18 bits per heavy atom. The number of thiophene rings is 1. The Kier molecular flexibility index (Phi) is 2.95. The molecule has 1 nitrogen and oxygen atoms in total. The van der Waals surface area contributed by atoms with E-state index in [1.807, 2.05) is 17.8 Å². The monoisotopic (exact) mass is 259 g/mol. The average Bonchev–Trinajstić information content (AvgIpc) is 3.03. The highest BCUT2D eigenvalue weighted by Gasteiger charge is 2.11. The van der Waals surface area contributed by atoms with Crippen molar-refractivity contribution in [1.29, 1.82) is 0 Å². The van der Waals surface area contributed by atoms with E-state index in [-0.39, 0.29) is 0 Å². The molecule has 0 atom stereocenters. The quantitative estimate of drug-likeness (QED) is 0.805. The molecule has 86 valence electrons. The first-order valence-corrected chi connectivity index (χ1v) is 7.48. The molecule has 0 fully saturated rings. The van der Waals surface area contributed by atoms with E-state index in [0.717, 1.165) is 11.3 Å². The summed E-state index contributed by atoms with van der Waals surface area (Å²) in [5.74, 6) is 1.20. The van der Waals surface area contributed by atoms with Gasteiger partial charge < -0.3 is 5.73 Å². The molecular formula is C14H13NS2. The van der Waals surface area contributed by atoms with Gasteiger partial charge in [0.2, 0.25) is 0 Å². The van der Waals surface area contributed by atoms with E-state index >= 15 is 0 Å².